The summed E-state index contributed by atoms with van der Waals surface area (Å²) in [4.78, 5) is 9.70. The van der Waals surface area contributed by atoms with Gasteiger partial charge in [0.15, 0.2) is 0 Å². The summed E-state index contributed by atoms with van der Waals surface area (Å²) in [6.07, 6.45) is 6.66. The smallest absolute Gasteiger partial charge is 0.221 e. The highest BCUT2D eigenvalue weighted by atomic mass is 19.1. The lowest BCUT2D eigenvalue weighted by molar-refractivity contribution is 0.213. The van der Waals surface area contributed by atoms with Crippen molar-refractivity contribution in [1.82, 2.24) is 9.88 Å². The van der Waals surface area contributed by atoms with E-state index in [1.54, 1.807) is 12.1 Å². The van der Waals surface area contributed by atoms with E-state index in [0.29, 0.717) is 11.6 Å². The van der Waals surface area contributed by atoms with Gasteiger partial charge in [-0.25, -0.2) is 4.39 Å². The van der Waals surface area contributed by atoms with Crippen LogP contribution in [0.5, 0.6) is 11.6 Å². The van der Waals surface area contributed by atoms with E-state index >= 15 is 0 Å². The van der Waals surface area contributed by atoms with Crippen LogP contribution in [0.1, 0.15) is 32.1 Å². The summed E-state index contributed by atoms with van der Waals surface area (Å²) in [5.41, 5.74) is 0. The van der Waals surface area contributed by atoms with Gasteiger partial charge in [-0.05, 0) is 49.6 Å². The Morgan fingerprint density at radius 3 is 2.50 bits per heavy atom. The molecular formula is C21H26FN3O. The standard InChI is InChI=1S/C21H26FN3O/c22-17-9-11-19(12-10-17)26-21-8-3-7-20(23-21)25-14-4-13-24(15-16-25)18-5-1-2-6-18/h3,7-12,18H,1-2,4-6,13-16H2. The maximum Gasteiger partial charge on any atom is 0.221 e. The molecule has 26 heavy (non-hydrogen) atoms. The molecule has 1 aliphatic heterocycles. The monoisotopic (exact) mass is 355 g/mol. The topological polar surface area (TPSA) is 28.6 Å². The van der Waals surface area contributed by atoms with Crippen molar-refractivity contribution in [2.75, 3.05) is 31.1 Å². The SMILES string of the molecule is Fc1ccc(Oc2cccc(N3CCCN(C4CCCC4)CC3)n2)cc1. The fraction of sp³-hybridized carbons (Fsp3) is 0.476. The van der Waals surface area contributed by atoms with Crippen LogP contribution in [-0.2, 0) is 0 Å². The predicted octanol–water partition coefficient (Wildman–Crippen LogP) is 4.47. The first kappa shape index (κ1) is 17.3. The van der Waals surface area contributed by atoms with Gasteiger partial charge in [0.25, 0.3) is 0 Å². The number of halogens is 1. The number of nitrogens with zero attached hydrogens (tertiary/aromatic N) is 3. The molecule has 1 aromatic carbocycles. The van der Waals surface area contributed by atoms with Crippen LogP contribution in [0, 0.1) is 5.82 Å². The van der Waals surface area contributed by atoms with E-state index in [2.05, 4.69) is 14.8 Å². The highest BCUT2D eigenvalue weighted by Crippen LogP contribution is 2.26. The van der Waals surface area contributed by atoms with Gasteiger partial charge in [0.2, 0.25) is 5.88 Å². The maximum atomic E-state index is 13.0. The molecule has 0 spiro atoms. The molecule has 138 valence electrons. The van der Waals surface area contributed by atoms with Crippen molar-refractivity contribution in [1.29, 1.82) is 0 Å². The fourth-order valence-corrected chi connectivity index (χ4v) is 4.06. The van der Waals surface area contributed by atoms with E-state index < -0.39 is 0 Å². The zero-order chi connectivity index (χ0) is 17.8. The quantitative estimate of drug-likeness (QED) is 0.809. The first-order chi connectivity index (χ1) is 12.8. The first-order valence-electron chi connectivity index (χ1n) is 9.67. The first-order valence-corrected chi connectivity index (χ1v) is 9.67. The molecule has 1 aliphatic carbocycles. The summed E-state index contributed by atoms with van der Waals surface area (Å²) in [6, 6.07) is 12.7. The van der Waals surface area contributed by atoms with Crippen molar-refractivity contribution >= 4 is 5.82 Å². The van der Waals surface area contributed by atoms with E-state index in [0.717, 1.165) is 31.5 Å². The molecule has 5 heteroatoms. The van der Waals surface area contributed by atoms with Crippen LogP contribution in [0.3, 0.4) is 0 Å². The van der Waals surface area contributed by atoms with E-state index in [9.17, 15) is 4.39 Å². The molecule has 1 saturated carbocycles. The van der Waals surface area contributed by atoms with Crippen LogP contribution in [0.4, 0.5) is 10.2 Å². The van der Waals surface area contributed by atoms with Gasteiger partial charge in [-0.2, -0.15) is 4.98 Å². The van der Waals surface area contributed by atoms with E-state index in [4.69, 9.17) is 4.74 Å². The second kappa shape index (κ2) is 8.04. The number of ether oxygens (including phenoxy) is 1. The molecule has 0 atom stereocenters. The summed E-state index contributed by atoms with van der Waals surface area (Å²) in [5, 5.41) is 0. The minimum Gasteiger partial charge on any atom is -0.439 e. The second-order valence-electron chi connectivity index (χ2n) is 7.20. The highest BCUT2D eigenvalue weighted by molar-refractivity contribution is 5.41. The minimum absolute atomic E-state index is 0.268. The summed E-state index contributed by atoms with van der Waals surface area (Å²) >= 11 is 0. The number of hydrogen-bond acceptors (Lipinski definition) is 4. The van der Waals surface area contributed by atoms with Crippen LogP contribution in [0.2, 0.25) is 0 Å². The molecule has 4 nitrogen and oxygen atoms in total. The van der Waals surface area contributed by atoms with Crippen LogP contribution >= 0.6 is 0 Å². The molecule has 0 bridgehead atoms. The van der Waals surface area contributed by atoms with Crippen molar-refractivity contribution in [3.05, 3.63) is 48.3 Å². The number of anilines is 1. The molecule has 1 aromatic heterocycles. The number of pyridine rings is 1. The molecule has 2 aliphatic rings. The average molecular weight is 355 g/mol. The van der Waals surface area contributed by atoms with Gasteiger partial charge in [-0.1, -0.05) is 18.9 Å². The molecule has 0 N–H and O–H groups in total. The van der Waals surface area contributed by atoms with Gasteiger partial charge in [0.1, 0.15) is 17.4 Å². The van der Waals surface area contributed by atoms with Crippen molar-refractivity contribution in [2.24, 2.45) is 0 Å². The Hall–Kier alpha value is -2.14. The van der Waals surface area contributed by atoms with Crippen LogP contribution in [0.15, 0.2) is 42.5 Å². The third-order valence-corrected chi connectivity index (χ3v) is 5.44. The Labute approximate surface area is 154 Å². The molecule has 2 aromatic rings. The van der Waals surface area contributed by atoms with Crippen LogP contribution in [0.25, 0.3) is 0 Å². The third-order valence-electron chi connectivity index (χ3n) is 5.44. The lowest BCUT2D eigenvalue weighted by Crippen LogP contribution is -2.37. The Balaban J connectivity index is 1.41. The Morgan fingerprint density at radius 2 is 1.69 bits per heavy atom. The van der Waals surface area contributed by atoms with Gasteiger partial charge in [-0.3, -0.25) is 4.90 Å². The average Bonchev–Trinajstić information content (AvgIpc) is 3.08. The molecule has 2 fully saturated rings. The molecule has 0 radical (unpaired) electrons. The largest absolute Gasteiger partial charge is 0.439 e. The van der Waals surface area contributed by atoms with Crippen LogP contribution < -0.4 is 9.64 Å². The molecule has 4 rings (SSSR count). The normalized spacial score (nSPS) is 19.5. The number of benzene rings is 1. The van der Waals surface area contributed by atoms with Crippen molar-refractivity contribution in [2.45, 2.75) is 38.1 Å². The number of aromatic nitrogens is 1. The highest BCUT2D eigenvalue weighted by Gasteiger charge is 2.25. The predicted molar refractivity (Wildman–Crippen MR) is 101 cm³/mol. The van der Waals surface area contributed by atoms with Crippen molar-refractivity contribution in [3.63, 3.8) is 0 Å². The Bertz CT molecular complexity index is 715. The zero-order valence-corrected chi connectivity index (χ0v) is 15.1. The lowest BCUT2D eigenvalue weighted by atomic mass is 10.2. The molecule has 2 heterocycles. The molecule has 0 amide bonds. The molecule has 1 saturated heterocycles. The number of rotatable bonds is 4. The number of hydrogen-bond donors (Lipinski definition) is 0. The van der Waals surface area contributed by atoms with E-state index in [-0.39, 0.29) is 5.82 Å². The summed E-state index contributed by atoms with van der Waals surface area (Å²) < 4.78 is 18.8. The van der Waals surface area contributed by atoms with Gasteiger partial charge in [0, 0.05) is 38.3 Å². The van der Waals surface area contributed by atoms with E-state index in [1.165, 1.54) is 50.8 Å². The van der Waals surface area contributed by atoms with E-state index in [1.807, 2.05) is 18.2 Å². The second-order valence-corrected chi connectivity index (χ2v) is 7.20. The van der Waals surface area contributed by atoms with Crippen LogP contribution in [-0.4, -0.2) is 42.1 Å². The molecule has 0 unspecified atom stereocenters. The fourth-order valence-electron chi connectivity index (χ4n) is 4.06. The van der Waals surface area contributed by atoms with Crippen molar-refractivity contribution in [3.8, 4) is 11.6 Å². The Morgan fingerprint density at radius 1 is 0.885 bits per heavy atom. The Kier molecular flexibility index (Phi) is 5.34. The summed E-state index contributed by atoms with van der Waals surface area (Å²) in [5.74, 6) is 1.83. The third kappa shape index (κ3) is 4.15. The zero-order valence-electron chi connectivity index (χ0n) is 15.1. The lowest BCUT2D eigenvalue weighted by Gasteiger charge is -2.27. The molecular weight excluding hydrogens is 329 g/mol. The van der Waals surface area contributed by atoms with Gasteiger partial charge < -0.3 is 9.64 Å². The van der Waals surface area contributed by atoms with Crippen molar-refractivity contribution < 1.29 is 9.13 Å². The van der Waals surface area contributed by atoms with Gasteiger partial charge in [-0.15, -0.1) is 0 Å². The van der Waals surface area contributed by atoms with Gasteiger partial charge in [0.05, 0.1) is 0 Å². The summed E-state index contributed by atoms with van der Waals surface area (Å²) in [7, 11) is 0. The van der Waals surface area contributed by atoms with Gasteiger partial charge >= 0.3 is 0 Å². The maximum absolute atomic E-state index is 13.0. The summed E-state index contributed by atoms with van der Waals surface area (Å²) in [6.45, 7) is 4.32. The minimum atomic E-state index is -0.268.